The highest BCUT2D eigenvalue weighted by Gasteiger charge is 2.33. The molecule has 6 heteroatoms. The van der Waals surface area contributed by atoms with Crippen LogP contribution in [0.25, 0.3) is 0 Å². The van der Waals surface area contributed by atoms with Crippen molar-refractivity contribution in [2.45, 2.75) is 31.8 Å². The number of halogens is 1. The number of hydrogen-bond donors (Lipinski definition) is 0. The molecule has 0 bridgehead atoms. The first-order valence-electron chi connectivity index (χ1n) is 6.27. The Balaban J connectivity index is 1.87. The number of sulfonamides is 1. The average molecular weight is 282 g/mol. The zero-order valence-electron chi connectivity index (χ0n) is 9.98. The molecule has 0 radical (unpaired) electrons. The summed E-state index contributed by atoms with van der Waals surface area (Å²) in [6.45, 7) is 1.99. The monoisotopic (exact) mass is 281 g/mol. The molecule has 100 valence electrons. The van der Waals surface area contributed by atoms with Crippen LogP contribution >= 0.6 is 11.6 Å². The number of rotatable bonds is 5. The first kappa shape index (κ1) is 13.6. The molecule has 2 fully saturated rings. The van der Waals surface area contributed by atoms with Crippen molar-refractivity contribution in [1.29, 1.82) is 0 Å². The lowest BCUT2D eigenvalue weighted by Gasteiger charge is -2.18. The Morgan fingerprint density at radius 1 is 1.35 bits per heavy atom. The van der Waals surface area contributed by atoms with Gasteiger partial charge in [0.2, 0.25) is 10.0 Å². The highest BCUT2D eigenvalue weighted by molar-refractivity contribution is 7.89. The first-order valence-corrected chi connectivity index (χ1v) is 8.41. The SMILES string of the molecule is O=S(=O)(CC1CCCO1)N1CCC(CCCl)C1. The van der Waals surface area contributed by atoms with E-state index in [1.54, 1.807) is 4.31 Å². The van der Waals surface area contributed by atoms with Crippen molar-refractivity contribution >= 4 is 21.6 Å². The van der Waals surface area contributed by atoms with Gasteiger partial charge in [-0.25, -0.2) is 12.7 Å². The zero-order valence-corrected chi connectivity index (χ0v) is 11.5. The van der Waals surface area contributed by atoms with E-state index in [1.807, 2.05) is 0 Å². The molecule has 0 aliphatic carbocycles. The van der Waals surface area contributed by atoms with Crippen LogP contribution in [0.15, 0.2) is 0 Å². The summed E-state index contributed by atoms with van der Waals surface area (Å²) in [6, 6.07) is 0. The van der Waals surface area contributed by atoms with Gasteiger partial charge in [0.25, 0.3) is 0 Å². The minimum Gasteiger partial charge on any atom is -0.377 e. The maximum atomic E-state index is 12.2. The van der Waals surface area contributed by atoms with E-state index < -0.39 is 10.0 Å². The van der Waals surface area contributed by atoms with Crippen LogP contribution in [-0.2, 0) is 14.8 Å². The van der Waals surface area contributed by atoms with Crippen LogP contribution in [-0.4, -0.2) is 50.2 Å². The highest BCUT2D eigenvalue weighted by Crippen LogP contribution is 2.24. The fourth-order valence-corrected chi connectivity index (χ4v) is 4.63. The van der Waals surface area contributed by atoms with Gasteiger partial charge < -0.3 is 4.74 Å². The van der Waals surface area contributed by atoms with E-state index in [4.69, 9.17) is 16.3 Å². The van der Waals surface area contributed by atoms with Gasteiger partial charge in [0.15, 0.2) is 0 Å². The van der Waals surface area contributed by atoms with Gasteiger partial charge in [-0.1, -0.05) is 0 Å². The maximum Gasteiger partial charge on any atom is 0.216 e. The van der Waals surface area contributed by atoms with Crippen molar-refractivity contribution in [2.24, 2.45) is 5.92 Å². The van der Waals surface area contributed by atoms with Gasteiger partial charge in [0, 0.05) is 25.6 Å². The predicted octanol–water partition coefficient (Wildman–Crippen LogP) is 1.45. The van der Waals surface area contributed by atoms with Crippen molar-refractivity contribution in [3.63, 3.8) is 0 Å². The van der Waals surface area contributed by atoms with Crippen molar-refractivity contribution in [3.8, 4) is 0 Å². The van der Waals surface area contributed by atoms with E-state index in [-0.39, 0.29) is 11.9 Å². The molecule has 4 nitrogen and oxygen atoms in total. The zero-order chi connectivity index (χ0) is 12.3. The van der Waals surface area contributed by atoms with Crippen molar-refractivity contribution in [2.75, 3.05) is 31.3 Å². The molecule has 2 saturated heterocycles. The van der Waals surface area contributed by atoms with E-state index in [1.165, 1.54) is 0 Å². The van der Waals surface area contributed by atoms with Gasteiger partial charge in [0.05, 0.1) is 11.9 Å². The van der Waals surface area contributed by atoms with Gasteiger partial charge in [-0.3, -0.25) is 0 Å². The molecule has 17 heavy (non-hydrogen) atoms. The lowest BCUT2D eigenvalue weighted by molar-refractivity contribution is 0.126. The van der Waals surface area contributed by atoms with Crippen molar-refractivity contribution in [1.82, 2.24) is 4.31 Å². The highest BCUT2D eigenvalue weighted by atomic mass is 35.5. The fourth-order valence-electron chi connectivity index (χ4n) is 2.56. The van der Waals surface area contributed by atoms with Crippen LogP contribution in [0, 0.1) is 5.92 Å². The van der Waals surface area contributed by atoms with Crippen LogP contribution in [0.1, 0.15) is 25.7 Å². The summed E-state index contributed by atoms with van der Waals surface area (Å²) < 4.78 is 31.3. The largest absolute Gasteiger partial charge is 0.377 e. The third-order valence-corrected chi connectivity index (χ3v) is 5.71. The van der Waals surface area contributed by atoms with Gasteiger partial charge in [-0.2, -0.15) is 0 Å². The fraction of sp³-hybridized carbons (Fsp3) is 1.00. The smallest absolute Gasteiger partial charge is 0.216 e. The van der Waals surface area contributed by atoms with Crippen LogP contribution in [0.3, 0.4) is 0 Å². The third-order valence-electron chi connectivity index (χ3n) is 3.58. The molecule has 2 unspecified atom stereocenters. The Morgan fingerprint density at radius 3 is 2.82 bits per heavy atom. The molecule has 2 heterocycles. The number of alkyl halides is 1. The summed E-state index contributed by atoms with van der Waals surface area (Å²) in [6.07, 6.45) is 3.62. The maximum absolute atomic E-state index is 12.2. The summed E-state index contributed by atoms with van der Waals surface area (Å²) in [5.74, 6) is 1.21. The summed E-state index contributed by atoms with van der Waals surface area (Å²) in [5.41, 5.74) is 0. The Kier molecular flexibility index (Phi) is 4.69. The van der Waals surface area contributed by atoms with Crippen molar-refractivity contribution < 1.29 is 13.2 Å². The Hall–Kier alpha value is 0.160. The molecule has 2 rings (SSSR count). The predicted molar refractivity (Wildman–Crippen MR) is 67.8 cm³/mol. The molecule has 0 aromatic heterocycles. The molecule has 0 spiro atoms. The third kappa shape index (κ3) is 3.56. The molecular weight excluding hydrogens is 262 g/mol. The van der Waals surface area contributed by atoms with Gasteiger partial charge in [0.1, 0.15) is 0 Å². The Morgan fingerprint density at radius 2 is 2.18 bits per heavy atom. The van der Waals surface area contributed by atoms with Crippen LogP contribution < -0.4 is 0 Å². The molecule has 0 saturated carbocycles. The molecule has 0 aromatic rings. The molecule has 2 aliphatic heterocycles. The van der Waals surface area contributed by atoms with Gasteiger partial charge in [-0.05, 0) is 31.6 Å². The molecule has 0 N–H and O–H groups in total. The van der Waals surface area contributed by atoms with E-state index in [0.717, 1.165) is 25.7 Å². The average Bonchev–Trinajstić information content (AvgIpc) is 2.88. The standard InChI is InChI=1S/C11H20ClNO3S/c12-5-3-10-4-6-13(8-10)17(14,15)9-11-2-1-7-16-11/h10-11H,1-9H2. The molecule has 0 aromatic carbocycles. The summed E-state index contributed by atoms with van der Waals surface area (Å²) in [7, 11) is -3.13. The van der Waals surface area contributed by atoms with E-state index in [2.05, 4.69) is 0 Å². The molecule has 0 amide bonds. The minimum atomic E-state index is -3.13. The molecule has 2 atom stereocenters. The second-order valence-electron chi connectivity index (χ2n) is 4.90. The molecule has 2 aliphatic rings. The number of hydrogen-bond acceptors (Lipinski definition) is 3. The van der Waals surface area contributed by atoms with Crippen LogP contribution in [0.5, 0.6) is 0 Å². The van der Waals surface area contributed by atoms with E-state index >= 15 is 0 Å². The Labute approximate surface area is 108 Å². The van der Waals surface area contributed by atoms with Crippen LogP contribution in [0.4, 0.5) is 0 Å². The Bertz CT molecular complexity index is 341. The second kappa shape index (κ2) is 5.87. The number of nitrogens with zero attached hydrogens (tertiary/aromatic N) is 1. The van der Waals surface area contributed by atoms with E-state index in [9.17, 15) is 8.42 Å². The van der Waals surface area contributed by atoms with E-state index in [0.29, 0.717) is 31.5 Å². The summed E-state index contributed by atoms with van der Waals surface area (Å²) in [5, 5.41) is 0. The first-order chi connectivity index (χ1) is 8.12. The molecular formula is C11H20ClNO3S. The summed E-state index contributed by atoms with van der Waals surface area (Å²) >= 11 is 5.69. The number of ether oxygens (including phenoxy) is 1. The minimum absolute atomic E-state index is 0.0907. The second-order valence-corrected chi connectivity index (χ2v) is 7.30. The van der Waals surface area contributed by atoms with Gasteiger partial charge >= 0.3 is 0 Å². The normalized spacial score (nSPS) is 31.1. The summed E-state index contributed by atoms with van der Waals surface area (Å²) in [4.78, 5) is 0. The lowest BCUT2D eigenvalue weighted by atomic mass is 10.1. The van der Waals surface area contributed by atoms with Crippen molar-refractivity contribution in [3.05, 3.63) is 0 Å². The van der Waals surface area contributed by atoms with Crippen LogP contribution in [0.2, 0.25) is 0 Å². The quantitative estimate of drug-likeness (QED) is 0.717. The lowest BCUT2D eigenvalue weighted by Crippen LogP contribution is -2.35. The van der Waals surface area contributed by atoms with Gasteiger partial charge in [-0.15, -0.1) is 11.6 Å². The topological polar surface area (TPSA) is 46.6 Å².